The zero-order valence-corrected chi connectivity index (χ0v) is 9.79. The fraction of sp³-hybridized carbons (Fsp3) is 0. The largest absolute Gasteiger partial charge is 0.759 e. The molecule has 2 rings (SSSR count). The number of pyridine rings is 1. The molecule has 6 nitrogen and oxygen atoms in total. The normalized spacial score (nSPS) is 9.74. The van der Waals surface area contributed by atoms with Gasteiger partial charge < -0.3 is 16.0 Å². The van der Waals surface area contributed by atoms with Gasteiger partial charge in [0.25, 0.3) is 5.91 Å². The molecule has 2 N–H and O–H groups in total. The van der Waals surface area contributed by atoms with E-state index in [9.17, 15) is 14.8 Å². The molecule has 1 aromatic heterocycles. The standard InChI is InChI=1S/C13H10N3O3/c17-12(9-5-7-14-8-6-9)15-11-4-2-1-3-10(11)13(18)16-19/h1-8H,(H2-,14,15,16,17,18,19)/q-1. The molecule has 0 spiro atoms. The smallest absolute Gasteiger partial charge is 0.255 e. The average molecular weight is 256 g/mol. The number of amides is 2. The molecule has 2 aromatic rings. The third kappa shape index (κ3) is 2.93. The van der Waals surface area contributed by atoms with Crippen molar-refractivity contribution in [2.45, 2.75) is 0 Å². The lowest BCUT2D eigenvalue weighted by Gasteiger charge is -2.12. The first-order valence-corrected chi connectivity index (χ1v) is 5.45. The fourth-order valence-corrected chi connectivity index (χ4v) is 1.54. The Hall–Kier alpha value is -2.73. The van der Waals surface area contributed by atoms with Crippen molar-refractivity contribution in [3.63, 3.8) is 0 Å². The molecule has 0 unspecified atom stereocenters. The van der Waals surface area contributed by atoms with Crippen molar-refractivity contribution < 1.29 is 9.59 Å². The Kier molecular flexibility index (Phi) is 3.84. The SMILES string of the molecule is O=C(Nc1ccccc1C(=O)N[O-])c1ccncc1. The summed E-state index contributed by atoms with van der Waals surface area (Å²) in [5, 5.41) is 13.0. The maximum absolute atomic E-state index is 11.9. The van der Waals surface area contributed by atoms with E-state index < -0.39 is 5.91 Å². The van der Waals surface area contributed by atoms with Gasteiger partial charge in [-0.25, -0.2) is 0 Å². The van der Waals surface area contributed by atoms with Gasteiger partial charge in [-0.05, 0) is 24.3 Å². The maximum Gasteiger partial charge on any atom is 0.255 e. The van der Waals surface area contributed by atoms with Crippen molar-refractivity contribution in [1.82, 2.24) is 10.5 Å². The van der Waals surface area contributed by atoms with Gasteiger partial charge in [-0.15, -0.1) is 0 Å². The van der Waals surface area contributed by atoms with Gasteiger partial charge >= 0.3 is 0 Å². The topological polar surface area (TPSA) is 94.2 Å². The molecule has 96 valence electrons. The van der Waals surface area contributed by atoms with Crippen molar-refractivity contribution in [3.8, 4) is 0 Å². The Morgan fingerprint density at radius 3 is 2.37 bits per heavy atom. The predicted octanol–water partition coefficient (Wildman–Crippen LogP) is 1.56. The van der Waals surface area contributed by atoms with E-state index >= 15 is 0 Å². The summed E-state index contributed by atoms with van der Waals surface area (Å²) in [6.45, 7) is 0. The first-order valence-electron chi connectivity index (χ1n) is 5.45. The number of para-hydroxylation sites is 1. The van der Waals surface area contributed by atoms with Crippen LogP contribution in [0.1, 0.15) is 20.7 Å². The fourth-order valence-electron chi connectivity index (χ4n) is 1.54. The van der Waals surface area contributed by atoms with Crippen LogP contribution in [0, 0.1) is 5.21 Å². The summed E-state index contributed by atoms with van der Waals surface area (Å²) in [6.07, 6.45) is 2.98. The molecule has 6 heteroatoms. The minimum Gasteiger partial charge on any atom is -0.759 e. The molecule has 0 fully saturated rings. The number of benzene rings is 1. The minimum atomic E-state index is -0.800. The van der Waals surface area contributed by atoms with Crippen molar-refractivity contribution in [2.24, 2.45) is 0 Å². The molecule has 2 amide bonds. The molecule has 0 saturated carbocycles. The first kappa shape index (κ1) is 12.7. The van der Waals surface area contributed by atoms with Gasteiger partial charge in [-0.1, -0.05) is 12.1 Å². The molecule has 0 atom stereocenters. The van der Waals surface area contributed by atoms with E-state index in [1.807, 2.05) is 0 Å². The molecule has 19 heavy (non-hydrogen) atoms. The van der Waals surface area contributed by atoms with E-state index in [2.05, 4.69) is 10.3 Å². The number of nitrogens with one attached hydrogen (secondary N) is 2. The molecule has 1 heterocycles. The van der Waals surface area contributed by atoms with Gasteiger partial charge in [0, 0.05) is 18.0 Å². The summed E-state index contributed by atoms with van der Waals surface area (Å²) in [5.41, 5.74) is 2.08. The number of nitrogens with zero attached hydrogens (tertiary/aromatic N) is 1. The number of carbonyl (C=O) groups excluding carboxylic acids is 2. The van der Waals surface area contributed by atoms with Gasteiger partial charge in [-0.2, -0.15) is 0 Å². The Labute approximate surface area is 109 Å². The lowest BCUT2D eigenvalue weighted by molar-refractivity contribution is 0.0971. The van der Waals surface area contributed by atoms with Gasteiger partial charge in [-0.3, -0.25) is 14.6 Å². The molecule has 0 bridgehead atoms. The number of hydrogen-bond acceptors (Lipinski definition) is 4. The van der Waals surface area contributed by atoms with Crippen molar-refractivity contribution in [1.29, 1.82) is 0 Å². The van der Waals surface area contributed by atoms with E-state index in [-0.39, 0.29) is 17.2 Å². The van der Waals surface area contributed by atoms with Crippen LogP contribution in [0.5, 0.6) is 0 Å². The quantitative estimate of drug-likeness (QED) is 0.815. The number of hydrogen-bond donors (Lipinski definition) is 2. The van der Waals surface area contributed by atoms with Crippen LogP contribution in [-0.4, -0.2) is 16.8 Å². The zero-order valence-electron chi connectivity index (χ0n) is 9.79. The van der Waals surface area contributed by atoms with Crippen LogP contribution in [0.3, 0.4) is 0 Å². The highest BCUT2D eigenvalue weighted by Crippen LogP contribution is 2.16. The van der Waals surface area contributed by atoms with Crippen LogP contribution in [0.2, 0.25) is 0 Å². The van der Waals surface area contributed by atoms with Crippen LogP contribution in [0.15, 0.2) is 48.8 Å². The Morgan fingerprint density at radius 2 is 1.68 bits per heavy atom. The second-order valence-corrected chi connectivity index (χ2v) is 3.67. The summed E-state index contributed by atoms with van der Waals surface area (Å²) in [7, 11) is 0. The second-order valence-electron chi connectivity index (χ2n) is 3.67. The highest BCUT2D eigenvalue weighted by molar-refractivity contribution is 6.08. The summed E-state index contributed by atoms with van der Waals surface area (Å²) in [6, 6.07) is 9.35. The number of carbonyl (C=O) groups is 2. The zero-order chi connectivity index (χ0) is 13.7. The summed E-state index contributed by atoms with van der Waals surface area (Å²) in [5.74, 6) is -1.18. The lowest BCUT2D eigenvalue weighted by Crippen LogP contribution is -2.20. The van der Waals surface area contributed by atoms with E-state index in [0.717, 1.165) is 0 Å². The third-order valence-electron chi connectivity index (χ3n) is 2.46. The van der Waals surface area contributed by atoms with E-state index in [1.54, 1.807) is 30.3 Å². The lowest BCUT2D eigenvalue weighted by atomic mass is 10.1. The number of rotatable bonds is 3. The number of aromatic nitrogens is 1. The Balaban J connectivity index is 2.25. The molecule has 0 saturated heterocycles. The van der Waals surface area contributed by atoms with E-state index in [4.69, 9.17) is 0 Å². The highest BCUT2D eigenvalue weighted by Gasteiger charge is 2.11. The van der Waals surface area contributed by atoms with E-state index in [1.165, 1.54) is 23.9 Å². The number of anilines is 1. The number of hydroxylamine groups is 1. The molecular formula is C13H10N3O3-. The maximum atomic E-state index is 11.9. The van der Waals surface area contributed by atoms with Crippen LogP contribution in [0.25, 0.3) is 0 Å². The first-order chi connectivity index (χ1) is 9.22. The van der Waals surface area contributed by atoms with Crippen LogP contribution >= 0.6 is 0 Å². The van der Waals surface area contributed by atoms with Crippen LogP contribution in [-0.2, 0) is 0 Å². The molecule has 0 radical (unpaired) electrons. The van der Waals surface area contributed by atoms with Crippen molar-refractivity contribution >= 4 is 17.5 Å². The average Bonchev–Trinajstić information content (AvgIpc) is 2.48. The van der Waals surface area contributed by atoms with Gasteiger partial charge in [0.15, 0.2) is 0 Å². The monoisotopic (exact) mass is 256 g/mol. The van der Waals surface area contributed by atoms with Gasteiger partial charge in [0.1, 0.15) is 0 Å². The van der Waals surface area contributed by atoms with Crippen molar-refractivity contribution in [2.75, 3.05) is 5.32 Å². The van der Waals surface area contributed by atoms with Crippen molar-refractivity contribution in [3.05, 3.63) is 65.1 Å². The molecular weight excluding hydrogens is 246 g/mol. The molecule has 0 aliphatic heterocycles. The summed E-state index contributed by atoms with van der Waals surface area (Å²) >= 11 is 0. The highest BCUT2D eigenvalue weighted by atomic mass is 16.5. The van der Waals surface area contributed by atoms with Crippen LogP contribution in [0.4, 0.5) is 5.69 Å². The summed E-state index contributed by atoms with van der Waals surface area (Å²) in [4.78, 5) is 27.1. The molecule has 0 aliphatic rings. The van der Waals surface area contributed by atoms with Gasteiger partial charge in [0.05, 0.1) is 11.3 Å². The second kappa shape index (κ2) is 5.74. The minimum absolute atomic E-state index is 0.111. The van der Waals surface area contributed by atoms with Crippen LogP contribution < -0.4 is 10.8 Å². The molecule has 1 aromatic carbocycles. The Bertz CT molecular complexity index is 599. The third-order valence-corrected chi connectivity index (χ3v) is 2.46. The van der Waals surface area contributed by atoms with Gasteiger partial charge in [0.2, 0.25) is 5.91 Å². The van der Waals surface area contributed by atoms with E-state index in [0.29, 0.717) is 5.56 Å². The Morgan fingerprint density at radius 1 is 1.00 bits per heavy atom. The predicted molar refractivity (Wildman–Crippen MR) is 69.5 cm³/mol. The summed E-state index contributed by atoms with van der Waals surface area (Å²) < 4.78 is 0. The molecule has 0 aliphatic carbocycles.